The molecule has 6 atom stereocenters. The van der Waals surface area contributed by atoms with Gasteiger partial charge in [-0.3, -0.25) is 0 Å². The molecule has 0 aliphatic heterocycles. The van der Waals surface area contributed by atoms with Gasteiger partial charge in [0.2, 0.25) is 0 Å². The Morgan fingerprint density at radius 2 is 2.09 bits per heavy atom. The van der Waals surface area contributed by atoms with Crippen LogP contribution in [0, 0.1) is 17.3 Å². The fraction of sp³-hybridized carbons (Fsp3) is 0.684. The summed E-state index contributed by atoms with van der Waals surface area (Å²) in [5.74, 6) is 4.49. The molecule has 2 saturated carbocycles. The number of halogens is 1. The summed E-state index contributed by atoms with van der Waals surface area (Å²) in [7, 11) is 0. The molecule has 1 nitrogen and oxygen atoms in total. The van der Waals surface area contributed by atoms with Crippen LogP contribution in [0.2, 0.25) is 0 Å². The molecule has 4 rings (SSSR count). The summed E-state index contributed by atoms with van der Waals surface area (Å²) < 4.78 is 5.76. The normalized spacial score (nSPS) is 40.3. The Bertz CT molecular complexity index is 575. The van der Waals surface area contributed by atoms with Crippen LogP contribution in [0.5, 0.6) is 5.75 Å². The summed E-state index contributed by atoms with van der Waals surface area (Å²) in [6.07, 6.45) is 8.68. The van der Waals surface area contributed by atoms with Crippen molar-refractivity contribution in [3.05, 3.63) is 29.3 Å². The lowest BCUT2D eigenvalue weighted by molar-refractivity contribution is 0.0550. The maximum atomic E-state index is 5.76. The molecule has 0 N–H and O–H groups in total. The topological polar surface area (TPSA) is 9.23 Å². The van der Waals surface area contributed by atoms with Crippen LogP contribution < -0.4 is 4.52 Å². The van der Waals surface area contributed by atoms with Crippen LogP contribution in [0.4, 0.5) is 0 Å². The highest BCUT2D eigenvalue weighted by Crippen LogP contribution is 2.62. The third-order valence-electron chi connectivity index (χ3n) is 6.99. The molecule has 1 aromatic rings. The summed E-state index contributed by atoms with van der Waals surface area (Å²) in [6, 6.07) is 6.94. The third-order valence-corrected chi connectivity index (χ3v) is 7.96. The van der Waals surface area contributed by atoms with E-state index in [9.17, 15) is 0 Å². The lowest BCUT2D eigenvalue weighted by Crippen LogP contribution is -2.40. The van der Waals surface area contributed by atoms with E-state index >= 15 is 0 Å². The van der Waals surface area contributed by atoms with Crippen LogP contribution in [0.3, 0.4) is 0 Å². The molecule has 0 bridgehead atoms. The Kier molecular flexibility index (Phi) is 4.22. The van der Waals surface area contributed by atoms with Gasteiger partial charge in [0.25, 0.3) is 0 Å². The minimum absolute atomic E-state index is 0.508. The standard InChI is InChI=1S/C19H26IOP/c1-12-10-17-15(7-9-19(2)8-3-4-18(17)19)14-6-5-13(21-22-20)11-16(12)14/h5-6,11-12,15,17-18,22H,3-4,7-10H2,1-2H3. The van der Waals surface area contributed by atoms with Crippen molar-refractivity contribution in [2.24, 2.45) is 17.3 Å². The van der Waals surface area contributed by atoms with E-state index in [-0.39, 0.29) is 0 Å². The van der Waals surface area contributed by atoms with Crippen molar-refractivity contribution in [1.29, 1.82) is 0 Å². The Morgan fingerprint density at radius 3 is 2.91 bits per heavy atom. The summed E-state index contributed by atoms with van der Waals surface area (Å²) >= 11 is 2.31. The number of rotatable bonds is 2. The maximum Gasteiger partial charge on any atom is 0.137 e. The first-order valence-corrected chi connectivity index (χ1v) is 12.8. The molecule has 2 fully saturated rings. The zero-order valence-corrected chi connectivity index (χ0v) is 16.7. The fourth-order valence-electron chi connectivity index (χ4n) is 5.96. The number of hydrogen-bond donors (Lipinski definition) is 0. The van der Waals surface area contributed by atoms with Gasteiger partial charge in [-0.05, 0) is 106 Å². The first-order valence-electron chi connectivity index (χ1n) is 8.79. The molecular formula is C19H26IOP. The minimum atomic E-state index is 0.508. The van der Waals surface area contributed by atoms with Gasteiger partial charge in [0, 0.05) is 0 Å². The highest BCUT2D eigenvalue weighted by molar-refractivity contribution is 14.2. The average molecular weight is 428 g/mol. The van der Waals surface area contributed by atoms with Gasteiger partial charge in [-0.15, -0.1) is 0 Å². The van der Waals surface area contributed by atoms with Crippen molar-refractivity contribution >= 4 is 28.5 Å². The van der Waals surface area contributed by atoms with Crippen LogP contribution >= 0.6 is 28.5 Å². The van der Waals surface area contributed by atoms with E-state index in [2.05, 4.69) is 54.1 Å². The Hall–Kier alpha value is 0.180. The minimum Gasteiger partial charge on any atom is -0.467 e. The zero-order chi connectivity index (χ0) is 15.3. The van der Waals surface area contributed by atoms with Gasteiger partial charge >= 0.3 is 0 Å². The van der Waals surface area contributed by atoms with E-state index in [1.54, 1.807) is 11.1 Å². The van der Waals surface area contributed by atoms with Gasteiger partial charge in [-0.1, -0.05) is 26.3 Å². The van der Waals surface area contributed by atoms with Crippen LogP contribution in [0.25, 0.3) is 0 Å². The second-order valence-corrected chi connectivity index (χ2v) is 9.75. The van der Waals surface area contributed by atoms with Crippen LogP contribution in [0.1, 0.15) is 75.3 Å². The van der Waals surface area contributed by atoms with Gasteiger partial charge in [-0.2, -0.15) is 0 Å². The van der Waals surface area contributed by atoms with Gasteiger partial charge < -0.3 is 4.52 Å². The smallest absolute Gasteiger partial charge is 0.137 e. The molecule has 22 heavy (non-hydrogen) atoms. The fourth-order valence-corrected chi connectivity index (χ4v) is 6.93. The van der Waals surface area contributed by atoms with Gasteiger partial charge in [0.15, 0.2) is 0 Å². The van der Waals surface area contributed by atoms with Crippen molar-refractivity contribution in [2.75, 3.05) is 0 Å². The Labute approximate surface area is 149 Å². The monoisotopic (exact) mass is 428 g/mol. The first-order chi connectivity index (χ1) is 10.6. The average Bonchev–Trinajstić information content (AvgIpc) is 2.90. The summed E-state index contributed by atoms with van der Waals surface area (Å²) in [4.78, 5) is 0. The molecule has 0 saturated heterocycles. The molecule has 3 aliphatic rings. The van der Waals surface area contributed by atoms with E-state index in [0.29, 0.717) is 17.8 Å². The molecule has 0 aromatic heterocycles. The number of hydrogen-bond acceptors (Lipinski definition) is 1. The molecule has 0 spiro atoms. The predicted molar refractivity (Wildman–Crippen MR) is 103 cm³/mol. The summed E-state index contributed by atoms with van der Waals surface area (Å²) in [5.41, 5.74) is 3.89. The second kappa shape index (κ2) is 5.92. The van der Waals surface area contributed by atoms with E-state index in [4.69, 9.17) is 4.52 Å². The summed E-state index contributed by atoms with van der Waals surface area (Å²) in [6.45, 7) is 5.53. The molecular weight excluding hydrogens is 402 g/mol. The highest BCUT2D eigenvalue weighted by Gasteiger charge is 2.51. The lowest BCUT2D eigenvalue weighted by Gasteiger charge is -2.50. The van der Waals surface area contributed by atoms with Crippen molar-refractivity contribution in [2.45, 2.75) is 64.2 Å². The van der Waals surface area contributed by atoms with Gasteiger partial charge in [-0.25, -0.2) is 0 Å². The molecule has 3 aliphatic carbocycles. The molecule has 6 unspecified atom stereocenters. The van der Waals surface area contributed by atoms with E-state index < -0.39 is 0 Å². The highest BCUT2D eigenvalue weighted by atomic mass is 127. The van der Waals surface area contributed by atoms with Crippen molar-refractivity contribution in [3.8, 4) is 5.75 Å². The van der Waals surface area contributed by atoms with Gasteiger partial charge in [0.1, 0.15) is 12.2 Å². The SMILES string of the molecule is CC1CC2C(CCC3(C)CCCC23)c2ccc(OPI)cc21. The van der Waals surface area contributed by atoms with Crippen LogP contribution in [-0.2, 0) is 0 Å². The van der Waals surface area contributed by atoms with E-state index in [1.807, 2.05) is 0 Å². The van der Waals surface area contributed by atoms with Crippen LogP contribution in [-0.4, -0.2) is 0 Å². The van der Waals surface area contributed by atoms with Gasteiger partial charge in [0.05, 0.1) is 0 Å². The molecule has 0 radical (unpaired) electrons. The number of fused-ring (bicyclic) bond motifs is 5. The van der Waals surface area contributed by atoms with Crippen LogP contribution in [0.15, 0.2) is 18.2 Å². The molecule has 3 heteroatoms. The molecule has 1 aromatic carbocycles. The largest absolute Gasteiger partial charge is 0.467 e. The zero-order valence-electron chi connectivity index (χ0n) is 13.6. The predicted octanol–water partition coefficient (Wildman–Crippen LogP) is 6.82. The van der Waals surface area contributed by atoms with Crippen molar-refractivity contribution in [1.82, 2.24) is 0 Å². The molecule has 0 amide bonds. The van der Waals surface area contributed by atoms with E-state index in [0.717, 1.165) is 23.5 Å². The maximum absolute atomic E-state index is 5.76. The molecule has 0 heterocycles. The van der Waals surface area contributed by atoms with E-state index in [1.165, 1.54) is 38.5 Å². The second-order valence-electron chi connectivity index (χ2n) is 8.07. The lowest BCUT2D eigenvalue weighted by atomic mass is 9.54. The summed E-state index contributed by atoms with van der Waals surface area (Å²) in [5, 5.41) is 0. The quantitative estimate of drug-likeness (QED) is 0.371. The van der Waals surface area contributed by atoms with Crippen molar-refractivity contribution < 1.29 is 4.52 Å². The Balaban J connectivity index is 1.70. The molecule has 120 valence electrons. The first kappa shape index (κ1) is 15.7. The Morgan fingerprint density at radius 1 is 1.23 bits per heavy atom. The number of benzene rings is 1. The van der Waals surface area contributed by atoms with Crippen molar-refractivity contribution in [3.63, 3.8) is 0 Å². The third kappa shape index (κ3) is 2.44.